The van der Waals surface area contributed by atoms with E-state index in [0.717, 1.165) is 0 Å². The maximum atomic E-state index is 13.9. The number of halogens is 1. The van der Waals surface area contributed by atoms with Crippen LogP contribution in [0.25, 0.3) is 0 Å². The second-order valence-electron chi connectivity index (χ2n) is 5.42. The quantitative estimate of drug-likeness (QED) is 0.739. The van der Waals surface area contributed by atoms with Crippen LogP contribution in [0.5, 0.6) is 0 Å². The van der Waals surface area contributed by atoms with E-state index in [1.54, 1.807) is 26.2 Å². The number of anilines is 1. The molecule has 1 aromatic heterocycles. The van der Waals surface area contributed by atoms with Crippen molar-refractivity contribution < 1.29 is 23.2 Å². The summed E-state index contributed by atoms with van der Waals surface area (Å²) in [6.07, 6.45) is 0.521. The van der Waals surface area contributed by atoms with Crippen molar-refractivity contribution in [3.8, 4) is 0 Å². The SMILES string of the molecule is COCCCN(CC(=O)Nc1cc(C)on1)C(=O)c1ccccc1F. The highest BCUT2D eigenvalue weighted by molar-refractivity contribution is 5.99. The Balaban J connectivity index is 2.07. The predicted molar refractivity (Wildman–Crippen MR) is 88.7 cm³/mol. The number of nitrogens with one attached hydrogen (secondary N) is 1. The van der Waals surface area contributed by atoms with E-state index >= 15 is 0 Å². The third kappa shape index (κ3) is 5.39. The maximum Gasteiger partial charge on any atom is 0.257 e. The van der Waals surface area contributed by atoms with E-state index in [1.165, 1.54) is 23.1 Å². The third-order valence-corrected chi connectivity index (χ3v) is 3.40. The molecule has 0 aliphatic rings. The molecule has 0 fully saturated rings. The maximum absolute atomic E-state index is 13.9. The molecule has 1 heterocycles. The van der Waals surface area contributed by atoms with Crippen molar-refractivity contribution in [3.63, 3.8) is 0 Å². The first kappa shape index (κ1) is 18.6. The Hall–Kier alpha value is -2.74. The lowest BCUT2D eigenvalue weighted by Crippen LogP contribution is -2.39. The van der Waals surface area contributed by atoms with E-state index in [2.05, 4.69) is 10.5 Å². The molecule has 2 rings (SSSR count). The van der Waals surface area contributed by atoms with Gasteiger partial charge < -0.3 is 19.5 Å². The molecule has 0 saturated carbocycles. The molecule has 0 unspecified atom stereocenters. The van der Waals surface area contributed by atoms with Gasteiger partial charge in [0.05, 0.1) is 5.56 Å². The monoisotopic (exact) mass is 349 g/mol. The molecule has 0 aliphatic carbocycles. The summed E-state index contributed by atoms with van der Waals surface area (Å²) < 4.78 is 23.7. The standard InChI is InChI=1S/C17H20FN3O4/c1-12-10-15(20-25-12)19-16(22)11-21(8-5-9-24-2)17(23)13-6-3-4-7-14(13)18/h3-4,6-7,10H,5,8-9,11H2,1-2H3,(H,19,20,22). The summed E-state index contributed by atoms with van der Waals surface area (Å²) in [6.45, 7) is 2.14. The van der Waals surface area contributed by atoms with E-state index in [9.17, 15) is 14.0 Å². The lowest BCUT2D eigenvalue weighted by molar-refractivity contribution is -0.117. The number of aryl methyl sites for hydroxylation is 1. The Morgan fingerprint density at radius 1 is 1.36 bits per heavy atom. The molecule has 0 spiro atoms. The molecule has 0 atom stereocenters. The molecular formula is C17H20FN3O4. The van der Waals surface area contributed by atoms with Crippen molar-refractivity contribution in [2.24, 2.45) is 0 Å². The number of carbonyl (C=O) groups is 2. The molecule has 1 N–H and O–H groups in total. The molecule has 1 aromatic carbocycles. The molecule has 7 nitrogen and oxygen atoms in total. The highest BCUT2D eigenvalue weighted by Gasteiger charge is 2.21. The molecule has 2 amide bonds. The molecule has 2 aromatic rings. The normalized spacial score (nSPS) is 10.5. The zero-order chi connectivity index (χ0) is 18.2. The number of amides is 2. The van der Waals surface area contributed by atoms with Crippen LogP contribution in [0.3, 0.4) is 0 Å². The minimum atomic E-state index is -0.628. The number of methoxy groups -OCH3 is 1. The van der Waals surface area contributed by atoms with Crippen LogP contribution in [0.15, 0.2) is 34.9 Å². The number of carbonyl (C=O) groups excluding carboxylic acids is 2. The molecule has 0 saturated heterocycles. The van der Waals surface area contributed by atoms with Crippen molar-refractivity contribution >= 4 is 17.6 Å². The van der Waals surface area contributed by atoms with Crippen LogP contribution in [-0.4, -0.2) is 48.7 Å². The average molecular weight is 349 g/mol. The summed E-state index contributed by atoms with van der Waals surface area (Å²) in [6, 6.07) is 7.23. The first-order valence-corrected chi connectivity index (χ1v) is 7.77. The fraction of sp³-hybridized carbons (Fsp3) is 0.353. The topological polar surface area (TPSA) is 84.7 Å². The highest BCUT2D eigenvalue weighted by atomic mass is 19.1. The van der Waals surface area contributed by atoms with Gasteiger partial charge in [-0.3, -0.25) is 9.59 Å². The van der Waals surface area contributed by atoms with Crippen LogP contribution < -0.4 is 5.32 Å². The third-order valence-electron chi connectivity index (χ3n) is 3.40. The van der Waals surface area contributed by atoms with Gasteiger partial charge in [-0.2, -0.15) is 0 Å². The molecule has 0 radical (unpaired) electrons. The summed E-state index contributed by atoms with van der Waals surface area (Å²) in [5, 5.41) is 6.21. The molecule has 8 heteroatoms. The lowest BCUT2D eigenvalue weighted by atomic mass is 10.1. The van der Waals surface area contributed by atoms with Gasteiger partial charge in [0, 0.05) is 26.3 Å². The van der Waals surface area contributed by atoms with E-state index in [-0.39, 0.29) is 24.5 Å². The van der Waals surface area contributed by atoms with Crippen LogP contribution in [0.2, 0.25) is 0 Å². The van der Waals surface area contributed by atoms with Crippen molar-refractivity contribution in [2.45, 2.75) is 13.3 Å². The van der Waals surface area contributed by atoms with Gasteiger partial charge in [-0.15, -0.1) is 0 Å². The van der Waals surface area contributed by atoms with Crippen molar-refractivity contribution in [1.29, 1.82) is 0 Å². The molecule has 0 aliphatic heterocycles. The summed E-state index contributed by atoms with van der Waals surface area (Å²) >= 11 is 0. The van der Waals surface area contributed by atoms with Crippen LogP contribution in [0.1, 0.15) is 22.5 Å². The van der Waals surface area contributed by atoms with E-state index in [4.69, 9.17) is 9.26 Å². The fourth-order valence-corrected chi connectivity index (χ4v) is 2.24. The summed E-state index contributed by atoms with van der Waals surface area (Å²) in [5.41, 5.74) is -0.0787. The molecule has 0 bridgehead atoms. The zero-order valence-electron chi connectivity index (χ0n) is 14.1. The van der Waals surface area contributed by atoms with Gasteiger partial charge in [0.25, 0.3) is 5.91 Å². The minimum Gasteiger partial charge on any atom is -0.385 e. The first-order chi connectivity index (χ1) is 12.0. The van der Waals surface area contributed by atoms with Gasteiger partial charge in [-0.25, -0.2) is 4.39 Å². The molecule has 134 valence electrons. The highest BCUT2D eigenvalue weighted by Crippen LogP contribution is 2.12. The van der Waals surface area contributed by atoms with Gasteiger partial charge in [-0.1, -0.05) is 17.3 Å². The van der Waals surface area contributed by atoms with Gasteiger partial charge in [-0.05, 0) is 25.5 Å². The van der Waals surface area contributed by atoms with Crippen LogP contribution in [0, 0.1) is 12.7 Å². The van der Waals surface area contributed by atoms with Gasteiger partial charge >= 0.3 is 0 Å². The largest absolute Gasteiger partial charge is 0.385 e. The van der Waals surface area contributed by atoms with Gasteiger partial charge in [0.15, 0.2) is 5.82 Å². The van der Waals surface area contributed by atoms with E-state index < -0.39 is 17.6 Å². The lowest BCUT2D eigenvalue weighted by Gasteiger charge is -2.22. The second-order valence-corrected chi connectivity index (χ2v) is 5.42. The molecular weight excluding hydrogens is 329 g/mol. The van der Waals surface area contributed by atoms with E-state index in [1.807, 2.05) is 0 Å². The Bertz CT molecular complexity index is 732. The van der Waals surface area contributed by atoms with Gasteiger partial charge in [0.2, 0.25) is 5.91 Å². The summed E-state index contributed by atoms with van der Waals surface area (Å²) in [7, 11) is 1.54. The number of aromatic nitrogens is 1. The smallest absolute Gasteiger partial charge is 0.257 e. The molecule has 25 heavy (non-hydrogen) atoms. The number of ether oxygens (including phenoxy) is 1. The van der Waals surface area contributed by atoms with Crippen molar-refractivity contribution in [2.75, 3.05) is 32.1 Å². The van der Waals surface area contributed by atoms with Crippen LogP contribution >= 0.6 is 0 Å². The number of nitrogens with zero attached hydrogens (tertiary/aromatic N) is 2. The van der Waals surface area contributed by atoms with Crippen molar-refractivity contribution in [3.05, 3.63) is 47.5 Å². The zero-order valence-corrected chi connectivity index (χ0v) is 14.1. The second kappa shape index (κ2) is 8.93. The number of hydrogen-bond donors (Lipinski definition) is 1. The Kier molecular flexibility index (Phi) is 6.64. The predicted octanol–water partition coefficient (Wildman–Crippen LogP) is 2.24. The Morgan fingerprint density at radius 3 is 2.76 bits per heavy atom. The average Bonchev–Trinajstić information content (AvgIpc) is 2.98. The van der Waals surface area contributed by atoms with Crippen LogP contribution in [-0.2, 0) is 9.53 Å². The number of benzene rings is 1. The number of hydrogen-bond acceptors (Lipinski definition) is 5. The Morgan fingerprint density at radius 2 is 2.12 bits per heavy atom. The van der Waals surface area contributed by atoms with Gasteiger partial charge in [0.1, 0.15) is 18.1 Å². The number of rotatable bonds is 8. The fourth-order valence-electron chi connectivity index (χ4n) is 2.24. The first-order valence-electron chi connectivity index (χ1n) is 7.77. The van der Waals surface area contributed by atoms with E-state index in [0.29, 0.717) is 18.8 Å². The Labute approximate surface area is 144 Å². The van der Waals surface area contributed by atoms with Crippen LogP contribution in [0.4, 0.5) is 10.2 Å². The van der Waals surface area contributed by atoms with Crippen molar-refractivity contribution in [1.82, 2.24) is 10.1 Å². The summed E-state index contributed by atoms with van der Waals surface area (Å²) in [4.78, 5) is 26.0. The minimum absolute atomic E-state index is 0.0787. The summed E-state index contributed by atoms with van der Waals surface area (Å²) in [5.74, 6) is -0.819.